The summed E-state index contributed by atoms with van der Waals surface area (Å²) < 4.78 is 11.7. The molecule has 0 N–H and O–H groups in total. The molecular formula is C17H20BrNO3. The summed E-state index contributed by atoms with van der Waals surface area (Å²) in [4.78, 5) is 14.1. The smallest absolute Gasteiger partial charge is 0.166 e. The maximum atomic E-state index is 11.8. The summed E-state index contributed by atoms with van der Waals surface area (Å²) in [5.41, 5.74) is 2.35. The predicted octanol–water partition coefficient (Wildman–Crippen LogP) is 2.64. The Morgan fingerprint density at radius 3 is 3.00 bits per heavy atom. The minimum absolute atomic E-state index is 0. The third kappa shape index (κ3) is 2.02. The lowest BCUT2D eigenvalue weighted by Crippen LogP contribution is -2.41. The van der Waals surface area contributed by atoms with Gasteiger partial charge >= 0.3 is 0 Å². The number of methoxy groups -OCH3 is 1. The molecule has 1 aliphatic carbocycles. The number of benzene rings is 1. The fourth-order valence-electron chi connectivity index (χ4n) is 3.95. The van der Waals surface area contributed by atoms with Crippen molar-refractivity contribution in [1.82, 2.24) is 4.90 Å². The van der Waals surface area contributed by atoms with E-state index in [4.69, 9.17) is 9.47 Å². The van der Waals surface area contributed by atoms with Gasteiger partial charge in [0.15, 0.2) is 17.3 Å². The first-order chi connectivity index (χ1) is 10.1. The highest BCUT2D eigenvalue weighted by Crippen LogP contribution is 2.55. The molecule has 3 aliphatic rings. The number of carbonyl (C=O) groups is 1. The maximum absolute atomic E-state index is 11.8. The second-order valence-corrected chi connectivity index (χ2v) is 6.27. The summed E-state index contributed by atoms with van der Waals surface area (Å²) in [7, 11) is 3.81. The van der Waals surface area contributed by atoms with E-state index in [0.29, 0.717) is 6.42 Å². The highest BCUT2D eigenvalue weighted by atomic mass is 79.9. The van der Waals surface area contributed by atoms with Crippen LogP contribution in [0.5, 0.6) is 11.5 Å². The number of allylic oxidation sites excluding steroid dienone is 1. The Hall–Kier alpha value is -1.33. The van der Waals surface area contributed by atoms with E-state index >= 15 is 0 Å². The Labute approximate surface area is 140 Å². The number of hydrogen-bond acceptors (Lipinski definition) is 4. The van der Waals surface area contributed by atoms with Crippen LogP contribution < -0.4 is 9.47 Å². The molecule has 0 radical (unpaired) electrons. The zero-order valence-electron chi connectivity index (χ0n) is 12.8. The average Bonchev–Trinajstić information content (AvgIpc) is 2.72. The van der Waals surface area contributed by atoms with Crippen LogP contribution in [0.3, 0.4) is 0 Å². The molecule has 0 amide bonds. The molecule has 1 aromatic rings. The quantitative estimate of drug-likeness (QED) is 0.766. The van der Waals surface area contributed by atoms with Gasteiger partial charge in [-0.3, -0.25) is 4.79 Å². The van der Waals surface area contributed by atoms with Crippen LogP contribution >= 0.6 is 17.0 Å². The van der Waals surface area contributed by atoms with Gasteiger partial charge in [0.1, 0.15) is 6.10 Å². The Bertz CT molecular complexity index is 658. The zero-order chi connectivity index (χ0) is 14.6. The Balaban J connectivity index is 0.00000144. The molecule has 0 saturated carbocycles. The van der Waals surface area contributed by atoms with E-state index in [0.717, 1.165) is 31.0 Å². The summed E-state index contributed by atoms with van der Waals surface area (Å²) in [6.07, 6.45) is 5.16. The molecule has 1 aromatic carbocycles. The molecule has 2 heterocycles. The predicted molar refractivity (Wildman–Crippen MR) is 89.1 cm³/mol. The monoisotopic (exact) mass is 365 g/mol. The molecule has 0 saturated heterocycles. The van der Waals surface area contributed by atoms with Crippen LogP contribution in [0, 0.1) is 0 Å². The van der Waals surface area contributed by atoms with Crippen LogP contribution in [0.4, 0.5) is 0 Å². The molecule has 5 heteroatoms. The highest BCUT2D eigenvalue weighted by Gasteiger charge is 2.52. The standard InChI is InChI=1S/C17H19NO3.BrH/c1-18-8-7-17-6-5-12(19)9-14(17)21-16-13(20-2)4-3-11(10-18)15(16)17;/h3-6,14H,7-10H2,1-2H3;1H/t14-,17-;/m1./s1. The van der Waals surface area contributed by atoms with Crippen LogP contribution in [0.2, 0.25) is 0 Å². The van der Waals surface area contributed by atoms with Crippen molar-refractivity contribution >= 4 is 22.8 Å². The van der Waals surface area contributed by atoms with E-state index in [1.165, 1.54) is 11.1 Å². The second-order valence-electron chi connectivity index (χ2n) is 6.27. The van der Waals surface area contributed by atoms with Gasteiger partial charge in [0.25, 0.3) is 0 Å². The normalized spacial score (nSPS) is 29.0. The largest absolute Gasteiger partial charge is 0.493 e. The average molecular weight is 366 g/mol. The summed E-state index contributed by atoms with van der Waals surface area (Å²) in [5.74, 6) is 1.76. The van der Waals surface area contributed by atoms with Crippen LogP contribution in [0.1, 0.15) is 24.0 Å². The number of ether oxygens (including phenoxy) is 2. The number of hydrogen-bond donors (Lipinski definition) is 0. The van der Waals surface area contributed by atoms with Crippen molar-refractivity contribution in [2.24, 2.45) is 0 Å². The first kappa shape index (κ1) is 15.6. The van der Waals surface area contributed by atoms with E-state index < -0.39 is 0 Å². The van der Waals surface area contributed by atoms with E-state index in [2.05, 4.69) is 24.1 Å². The minimum atomic E-state index is -0.169. The molecular weight excluding hydrogens is 346 g/mol. The van der Waals surface area contributed by atoms with Gasteiger partial charge < -0.3 is 14.4 Å². The van der Waals surface area contributed by atoms with Gasteiger partial charge in [-0.2, -0.15) is 0 Å². The van der Waals surface area contributed by atoms with Crippen molar-refractivity contribution < 1.29 is 14.3 Å². The zero-order valence-corrected chi connectivity index (χ0v) is 14.5. The van der Waals surface area contributed by atoms with Gasteiger partial charge in [0.05, 0.1) is 12.5 Å². The fourth-order valence-corrected chi connectivity index (χ4v) is 3.95. The van der Waals surface area contributed by atoms with E-state index in [9.17, 15) is 4.79 Å². The molecule has 0 unspecified atom stereocenters. The van der Waals surface area contributed by atoms with Crippen molar-refractivity contribution in [2.45, 2.75) is 30.9 Å². The van der Waals surface area contributed by atoms with Crippen LogP contribution in [-0.2, 0) is 16.8 Å². The Kier molecular flexibility index (Phi) is 3.81. The van der Waals surface area contributed by atoms with Crippen molar-refractivity contribution in [2.75, 3.05) is 20.7 Å². The summed E-state index contributed by atoms with van der Waals surface area (Å²) >= 11 is 0. The van der Waals surface area contributed by atoms with Gasteiger partial charge in [0.2, 0.25) is 0 Å². The van der Waals surface area contributed by atoms with Crippen molar-refractivity contribution in [1.29, 1.82) is 0 Å². The molecule has 118 valence electrons. The molecule has 0 fully saturated rings. The molecule has 2 atom stereocenters. The maximum Gasteiger partial charge on any atom is 0.166 e. The van der Waals surface area contributed by atoms with Gasteiger partial charge in [-0.1, -0.05) is 12.1 Å². The molecule has 1 spiro atoms. The summed E-state index contributed by atoms with van der Waals surface area (Å²) in [5, 5.41) is 0. The molecule has 4 nitrogen and oxygen atoms in total. The SMILES string of the molecule is Br.COc1ccc2c3c1O[C@@H]1CC(=O)C=C[C@]31CCN(C)C2. The number of carbonyl (C=O) groups excluding carboxylic acids is 1. The van der Waals surface area contributed by atoms with Gasteiger partial charge in [0, 0.05) is 18.5 Å². The molecule has 2 aliphatic heterocycles. The summed E-state index contributed by atoms with van der Waals surface area (Å²) in [6.45, 7) is 1.90. The third-order valence-corrected chi connectivity index (χ3v) is 5.03. The van der Waals surface area contributed by atoms with Crippen LogP contribution in [0.15, 0.2) is 24.3 Å². The van der Waals surface area contributed by atoms with Gasteiger partial charge in [-0.05, 0) is 37.7 Å². The van der Waals surface area contributed by atoms with Gasteiger partial charge in [-0.15, -0.1) is 17.0 Å². The number of rotatable bonds is 1. The third-order valence-electron chi connectivity index (χ3n) is 5.03. The number of halogens is 1. The lowest BCUT2D eigenvalue weighted by atomic mass is 9.69. The summed E-state index contributed by atoms with van der Waals surface area (Å²) in [6, 6.07) is 4.11. The van der Waals surface area contributed by atoms with Crippen molar-refractivity contribution in [3.05, 3.63) is 35.4 Å². The molecule has 22 heavy (non-hydrogen) atoms. The van der Waals surface area contributed by atoms with E-state index in [1.807, 2.05) is 6.07 Å². The van der Waals surface area contributed by atoms with E-state index in [-0.39, 0.29) is 34.3 Å². The molecule has 0 bridgehead atoms. The molecule has 0 aromatic heterocycles. The Morgan fingerprint density at radius 1 is 1.41 bits per heavy atom. The minimum Gasteiger partial charge on any atom is -0.493 e. The lowest BCUT2D eigenvalue weighted by Gasteiger charge is -2.33. The molecule has 4 rings (SSSR count). The first-order valence-electron chi connectivity index (χ1n) is 7.41. The van der Waals surface area contributed by atoms with Crippen molar-refractivity contribution in [3.8, 4) is 11.5 Å². The van der Waals surface area contributed by atoms with Crippen LogP contribution in [0.25, 0.3) is 0 Å². The number of nitrogens with zero attached hydrogens (tertiary/aromatic N) is 1. The number of ketones is 1. The fraction of sp³-hybridized carbons (Fsp3) is 0.471. The van der Waals surface area contributed by atoms with Gasteiger partial charge in [-0.25, -0.2) is 0 Å². The Morgan fingerprint density at radius 2 is 2.23 bits per heavy atom. The first-order valence-corrected chi connectivity index (χ1v) is 7.41. The van der Waals surface area contributed by atoms with E-state index in [1.54, 1.807) is 13.2 Å². The van der Waals surface area contributed by atoms with Crippen LogP contribution in [-0.4, -0.2) is 37.5 Å². The second kappa shape index (κ2) is 5.39. The highest BCUT2D eigenvalue weighted by molar-refractivity contribution is 8.93. The lowest BCUT2D eigenvalue weighted by molar-refractivity contribution is -0.117. The van der Waals surface area contributed by atoms with Crippen molar-refractivity contribution in [3.63, 3.8) is 0 Å². The topological polar surface area (TPSA) is 38.8 Å².